The van der Waals surface area contributed by atoms with Gasteiger partial charge < -0.3 is 15.0 Å². The Morgan fingerprint density at radius 1 is 1.18 bits per heavy atom. The Balaban J connectivity index is 1.47. The van der Waals surface area contributed by atoms with Gasteiger partial charge in [-0.05, 0) is 55.0 Å². The standard InChI is InChI=1S/C25H22N4O4S/c1-15-11-22(30)27-18-5-3-4-6-20(18)29(15)23(31)13-28-14-26-19-12-21(34-24(19)25(28)32)16-7-9-17(33-2)10-8-16/h3-10,12,14-15H,11,13H2,1-2H3,(H,27,30)/t15-/m1/s1. The summed E-state index contributed by atoms with van der Waals surface area (Å²) in [6, 6.07) is 16.3. The molecule has 172 valence electrons. The van der Waals surface area contributed by atoms with Crippen LogP contribution in [0.4, 0.5) is 11.4 Å². The minimum atomic E-state index is -0.355. The third-order valence-electron chi connectivity index (χ3n) is 5.81. The zero-order chi connectivity index (χ0) is 23.8. The molecule has 9 heteroatoms. The van der Waals surface area contributed by atoms with E-state index in [2.05, 4.69) is 10.3 Å². The summed E-state index contributed by atoms with van der Waals surface area (Å²) < 4.78 is 7.02. The first-order valence-corrected chi connectivity index (χ1v) is 11.6. The Labute approximate surface area is 199 Å². The van der Waals surface area contributed by atoms with Crippen molar-refractivity contribution < 1.29 is 14.3 Å². The number of methoxy groups -OCH3 is 1. The van der Waals surface area contributed by atoms with Gasteiger partial charge in [-0.3, -0.25) is 19.0 Å². The first-order valence-electron chi connectivity index (χ1n) is 10.8. The van der Waals surface area contributed by atoms with Crippen LogP contribution in [-0.4, -0.2) is 34.5 Å². The van der Waals surface area contributed by atoms with Gasteiger partial charge in [-0.2, -0.15) is 0 Å². The third kappa shape index (κ3) is 3.94. The molecule has 8 nitrogen and oxygen atoms in total. The maximum atomic E-state index is 13.4. The number of carbonyl (C=O) groups is 2. The van der Waals surface area contributed by atoms with Crippen LogP contribution in [0.2, 0.25) is 0 Å². The number of nitrogens with zero attached hydrogens (tertiary/aromatic N) is 3. The molecule has 0 bridgehead atoms. The van der Waals surface area contributed by atoms with Crippen LogP contribution in [0, 0.1) is 0 Å². The monoisotopic (exact) mass is 474 g/mol. The minimum absolute atomic E-state index is 0.153. The number of anilines is 2. The molecule has 2 aromatic carbocycles. The second-order valence-corrected chi connectivity index (χ2v) is 9.17. The number of hydrogen-bond donors (Lipinski definition) is 1. The van der Waals surface area contributed by atoms with Crippen molar-refractivity contribution in [2.24, 2.45) is 0 Å². The van der Waals surface area contributed by atoms with Crippen molar-refractivity contribution in [3.8, 4) is 16.2 Å². The highest BCUT2D eigenvalue weighted by Gasteiger charge is 2.29. The summed E-state index contributed by atoms with van der Waals surface area (Å²) >= 11 is 1.34. The van der Waals surface area contributed by atoms with Crippen LogP contribution < -0.4 is 20.5 Å². The molecule has 1 aliphatic rings. The first kappa shape index (κ1) is 21.8. The normalized spacial score (nSPS) is 15.5. The van der Waals surface area contributed by atoms with Crippen LogP contribution in [0.3, 0.4) is 0 Å². The van der Waals surface area contributed by atoms with Gasteiger partial charge in [-0.25, -0.2) is 4.98 Å². The third-order valence-corrected chi connectivity index (χ3v) is 6.97. The average molecular weight is 475 g/mol. The summed E-state index contributed by atoms with van der Waals surface area (Å²) in [5, 5.41) is 2.84. The van der Waals surface area contributed by atoms with Gasteiger partial charge in [0.25, 0.3) is 5.56 Å². The fraction of sp³-hybridized carbons (Fsp3) is 0.200. The van der Waals surface area contributed by atoms with Crippen LogP contribution in [0.1, 0.15) is 13.3 Å². The molecular weight excluding hydrogens is 452 g/mol. The van der Waals surface area contributed by atoms with Crippen molar-refractivity contribution in [3.63, 3.8) is 0 Å². The highest BCUT2D eigenvalue weighted by Crippen LogP contribution is 2.33. The van der Waals surface area contributed by atoms with E-state index in [9.17, 15) is 14.4 Å². The summed E-state index contributed by atoms with van der Waals surface area (Å²) in [5.41, 5.74) is 2.47. The Morgan fingerprint density at radius 3 is 2.71 bits per heavy atom. The van der Waals surface area contributed by atoms with Crippen LogP contribution in [-0.2, 0) is 16.1 Å². The number of aromatic nitrogens is 2. The van der Waals surface area contributed by atoms with Gasteiger partial charge in [0.2, 0.25) is 11.8 Å². The summed E-state index contributed by atoms with van der Waals surface area (Å²) in [6.07, 6.45) is 1.58. The molecule has 2 aromatic heterocycles. The number of benzene rings is 2. The van der Waals surface area contributed by atoms with Crippen molar-refractivity contribution in [2.45, 2.75) is 25.9 Å². The molecule has 0 radical (unpaired) electrons. The molecule has 4 aromatic rings. The van der Waals surface area contributed by atoms with Gasteiger partial charge in [-0.15, -0.1) is 11.3 Å². The molecule has 0 spiro atoms. The van der Waals surface area contributed by atoms with E-state index in [0.29, 0.717) is 21.6 Å². The fourth-order valence-corrected chi connectivity index (χ4v) is 5.21. The predicted molar refractivity (Wildman–Crippen MR) is 133 cm³/mol. The SMILES string of the molecule is COc1ccc(-c2cc3ncn(CC(=O)N4c5ccccc5NC(=O)C[C@H]4C)c(=O)c3s2)cc1. The van der Waals surface area contributed by atoms with Gasteiger partial charge in [0.05, 0.1) is 30.3 Å². The Morgan fingerprint density at radius 2 is 1.94 bits per heavy atom. The average Bonchev–Trinajstić information content (AvgIpc) is 3.22. The lowest BCUT2D eigenvalue weighted by Gasteiger charge is -2.28. The molecule has 2 amide bonds. The largest absolute Gasteiger partial charge is 0.497 e. The molecule has 1 atom stereocenters. The molecule has 1 aliphatic heterocycles. The number of para-hydroxylation sites is 2. The quantitative estimate of drug-likeness (QED) is 0.484. The molecule has 0 aliphatic carbocycles. The molecule has 1 N–H and O–H groups in total. The summed E-state index contributed by atoms with van der Waals surface area (Å²) in [7, 11) is 1.61. The number of ether oxygens (including phenoxy) is 1. The van der Waals surface area contributed by atoms with Gasteiger partial charge in [0.15, 0.2) is 0 Å². The molecule has 0 saturated heterocycles. The van der Waals surface area contributed by atoms with Crippen molar-refractivity contribution >= 4 is 44.7 Å². The Hall–Kier alpha value is -3.98. The first-order chi connectivity index (χ1) is 16.4. The Bertz CT molecular complexity index is 1460. The van der Waals surface area contributed by atoms with E-state index in [-0.39, 0.29) is 36.4 Å². The molecule has 3 heterocycles. The Kier molecular flexibility index (Phi) is 5.62. The van der Waals surface area contributed by atoms with Crippen LogP contribution >= 0.6 is 11.3 Å². The lowest BCUT2D eigenvalue weighted by molar-refractivity contribution is -0.120. The predicted octanol–water partition coefficient (Wildman–Crippen LogP) is 3.90. The number of fused-ring (bicyclic) bond motifs is 2. The molecule has 5 rings (SSSR count). The van der Waals surface area contributed by atoms with E-state index >= 15 is 0 Å². The number of carbonyl (C=O) groups excluding carboxylic acids is 2. The van der Waals surface area contributed by atoms with E-state index in [4.69, 9.17) is 4.74 Å². The lowest BCUT2D eigenvalue weighted by Crippen LogP contribution is -2.42. The van der Waals surface area contributed by atoms with E-state index < -0.39 is 0 Å². The van der Waals surface area contributed by atoms with Gasteiger partial charge in [0, 0.05) is 17.3 Å². The molecule has 0 fully saturated rings. The molecular formula is C25H22N4O4S. The maximum absolute atomic E-state index is 13.4. The van der Waals surface area contributed by atoms with Gasteiger partial charge in [0.1, 0.15) is 17.0 Å². The second kappa shape index (κ2) is 8.75. The van der Waals surface area contributed by atoms with E-state index in [0.717, 1.165) is 16.2 Å². The lowest BCUT2D eigenvalue weighted by atomic mass is 10.1. The molecule has 0 unspecified atom stereocenters. The topological polar surface area (TPSA) is 93.5 Å². The number of rotatable bonds is 4. The van der Waals surface area contributed by atoms with Crippen molar-refractivity contribution in [1.29, 1.82) is 0 Å². The van der Waals surface area contributed by atoms with E-state index in [1.807, 2.05) is 43.3 Å². The van der Waals surface area contributed by atoms with Crippen LogP contribution in [0.15, 0.2) is 65.7 Å². The minimum Gasteiger partial charge on any atom is -0.497 e. The zero-order valence-electron chi connectivity index (χ0n) is 18.6. The van der Waals surface area contributed by atoms with Crippen LogP contribution in [0.5, 0.6) is 5.75 Å². The van der Waals surface area contributed by atoms with Crippen molar-refractivity contribution in [2.75, 3.05) is 17.3 Å². The highest BCUT2D eigenvalue weighted by atomic mass is 32.1. The van der Waals surface area contributed by atoms with Crippen LogP contribution in [0.25, 0.3) is 20.7 Å². The number of thiophene rings is 1. The zero-order valence-corrected chi connectivity index (χ0v) is 19.5. The number of hydrogen-bond acceptors (Lipinski definition) is 6. The molecule has 0 saturated carbocycles. The van der Waals surface area contributed by atoms with E-state index in [1.54, 1.807) is 30.2 Å². The molecule has 34 heavy (non-hydrogen) atoms. The van der Waals surface area contributed by atoms with Gasteiger partial charge in [-0.1, -0.05) is 12.1 Å². The summed E-state index contributed by atoms with van der Waals surface area (Å²) in [4.78, 5) is 45.7. The summed E-state index contributed by atoms with van der Waals surface area (Å²) in [6.45, 7) is 1.65. The number of amides is 2. The van der Waals surface area contributed by atoms with Crippen molar-refractivity contribution in [1.82, 2.24) is 9.55 Å². The van der Waals surface area contributed by atoms with Crippen molar-refractivity contribution in [3.05, 3.63) is 71.3 Å². The number of nitrogens with one attached hydrogen (secondary N) is 1. The maximum Gasteiger partial charge on any atom is 0.271 e. The highest BCUT2D eigenvalue weighted by molar-refractivity contribution is 7.22. The van der Waals surface area contributed by atoms with E-state index in [1.165, 1.54) is 22.2 Å². The second-order valence-electron chi connectivity index (χ2n) is 8.11. The fourth-order valence-electron chi connectivity index (χ4n) is 4.15. The summed E-state index contributed by atoms with van der Waals surface area (Å²) in [5.74, 6) is 0.317. The van der Waals surface area contributed by atoms with Gasteiger partial charge >= 0.3 is 0 Å². The smallest absolute Gasteiger partial charge is 0.271 e.